The van der Waals surface area contributed by atoms with E-state index in [4.69, 9.17) is 0 Å². The van der Waals surface area contributed by atoms with Crippen LogP contribution in [0.4, 0.5) is 0 Å². The summed E-state index contributed by atoms with van der Waals surface area (Å²) in [7, 11) is 0. The van der Waals surface area contributed by atoms with Crippen LogP contribution >= 0.6 is 0 Å². The zero-order valence-corrected chi connectivity index (χ0v) is 4.72. The summed E-state index contributed by atoms with van der Waals surface area (Å²) in [5.74, 6) is 0.676. The number of aryl methyl sites for hydroxylation is 1. The second-order valence-corrected chi connectivity index (χ2v) is 0.959. The van der Waals surface area contributed by atoms with Gasteiger partial charge in [0.15, 0.2) is 5.82 Å². The quantitative estimate of drug-likeness (QED) is 0.532. The van der Waals surface area contributed by atoms with E-state index in [2.05, 4.69) is 20.6 Å². The summed E-state index contributed by atoms with van der Waals surface area (Å²) < 4.78 is 0. The Morgan fingerprint density at radius 2 is 2.29 bits per heavy atom. The van der Waals surface area contributed by atoms with Crippen molar-refractivity contribution in [2.24, 2.45) is 0 Å². The van der Waals surface area contributed by atoms with Gasteiger partial charge in [-0.1, -0.05) is 5.21 Å². The molecule has 1 heterocycles. The molecule has 0 saturated carbocycles. The third kappa shape index (κ3) is 1.65. The van der Waals surface area contributed by atoms with Gasteiger partial charge in [0.2, 0.25) is 0 Å². The molecule has 0 aliphatic rings. The molecule has 0 aliphatic carbocycles. The number of hydrogen-bond donors (Lipinski definition) is 1. The number of aromatic amines is 1. The number of H-pyrrole nitrogens is 1. The van der Waals surface area contributed by atoms with Crippen LogP contribution in [-0.2, 0) is 16.8 Å². The molecular weight excluding hydrogens is 139 g/mol. The van der Waals surface area contributed by atoms with E-state index in [1.54, 1.807) is 6.92 Å². The van der Waals surface area contributed by atoms with E-state index in [0.717, 1.165) is 0 Å². The Kier molecular flexibility index (Phi) is 2.54. The molecule has 1 radical (unpaired) electrons. The first-order valence-electron chi connectivity index (χ1n) is 1.59. The largest absolute Gasteiger partial charge is 2.00 e. The van der Waals surface area contributed by atoms with Crippen LogP contribution in [0.1, 0.15) is 5.82 Å². The van der Waals surface area contributed by atoms with Crippen LogP contribution in [0.3, 0.4) is 0 Å². The van der Waals surface area contributed by atoms with Gasteiger partial charge in [-0.25, -0.2) is 0 Å². The van der Waals surface area contributed by atoms with Crippen molar-refractivity contribution in [2.75, 3.05) is 0 Å². The minimum Gasteiger partial charge on any atom is -0.177 e. The van der Waals surface area contributed by atoms with Crippen LogP contribution in [0.15, 0.2) is 0 Å². The van der Waals surface area contributed by atoms with Gasteiger partial charge in [0, 0.05) is 0 Å². The molecule has 0 unspecified atom stereocenters. The summed E-state index contributed by atoms with van der Waals surface area (Å²) in [4.78, 5) is 0. The van der Waals surface area contributed by atoms with Gasteiger partial charge in [0.05, 0.1) is 0 Å². The van der Waals surface area contributed by atoms with Crippen LogP contribution in [0.5, 0.6) is 0 Å². The van der Waals surface area contributed by atoms with Gasteiger partial charge in [-0.15, -0.1) is 10.2 Å². The normalized spacial score (nSPS) is 7.57. The molecule has 0 saturated heterocycles. The van der Waals surface area contributed by atoms with Crippen LogP contribution in [0, 0.1) is 6.92 Å². The average Bonchev–Trinajstić information content (AvgIpc) is 1.86. The van der Waals surface area contributed by atoms with Crippen molar-refractivity contribution >= 4 is 0 Å². The van der Waals surface area contributed by atoms with Crippen LogP contribution in [0.25, 0.3) is 0 Å². The SMILES string of the molecule is Cc1nn[nH]n1.[Co+2]. The van der Waals surface area contributed by atoms with Crippen molar-refractivity contribution in [2.45, 2.75) is 6.92 Å². The molecule has 39 valence electrons. The zero-order chi connectivity index (χ0) is 4.41. The maximum absolute atomic E-state index is 3.57. The molecule has 1 aromatic rings. The molecule has 0 fully saturated rings. The molecule has 4 nitrogen and oxygen atoms in total. The Labute approximate surface area is 50.9 Å². The fourth-order valence-corrected chi connectivity index (χ4v) is 0.212. The number of rotatable bonds is 0. The second kappa shape index (κ2) is 2.70. The first-order valence-corrected chi connectivity index (χ1v) is 1.59. The van der Waals surface area contributed by atoms with E-state index in [-0.39, 0.29) is 16.8 Å². The molecule has 1 aromatic heterocycles. The number of hydrogen-bond acceptors (Lipinski definition) is 3. The molecule has 7 heavy (non-hydrogen) atoms. The van der Waals surface area contributed by atoms with Gasteiger partial charge in [-0.3, -0.25) is 0 Å². The monoisotopic (exact) mass is 143 g/mol. The summed E-state index contributed by atoms with van der Waals surface area (Å²) in [5, 5.41) is 12.7. The Morgan fingerprint density at radius 3 is 2.43 bits per heavy atom. The summed E-state index contributed by atoms with van der Waals surface area (Å²) in [5.41, 5.74) is 0. The minimum absolute atomic E-state index is 0. The number of aromatic nitrogens is 4. The van der Waals surface area contributed by atoms with E-state index in [1.807, 2.05) is 0 Å². The van der Waals surface area contributed by atoms with Crippen LogP contribution in [0.2, 0.25) is 0 Å². The van der Waals surface area contributed by atoms with Crippen molar-refractivity contribution in [3.8, 4) is 0 Å². The molecular formula is C2H4CoN4+2. The summed E-state index contributed by atoms with van der Waals surface area (Å²) in [6.07, 6.45) is 0. The van der Waals surface area contributed by atoms with Crippen molar-refractivity contribution in [3.05, 3.63) is 5.82 Å². The smallest absolute Gasteiger partial charge is 0.177 e. The second-order valence-electron chi connectivity index (χ2n) is 0.959. The first kappa shape index (κ1) is 6.58. The molecule has 0 spiro atoms. The molecule has 1 rings (SSSR count). The van der Waals surface area contributed by atoms with Crippen molar-refractivity contribution in [1.29, 1.82) is 0 Å². The third-order valence-corrected chi connectivity index (χ3v) is 0.451. The summed E-state index contributed by atoms with van der Waals surface area (Å²) in [6, 6.07) is 0. The topological polar surface area (TPSA) is 54.5 Å². The van der Waals surface area contributed by atoms with Gasteiger partial charge in [-0.2, -0.15) is 5.21 Å². The molecule has 5 heteroatoms. The van der Waals surface area contributed by atoms with Gasteiger partial charge >= 0.3 is 16.8 Å². The summed E-state index contributed by atoms with van der Waals surface area (Å²) >= 11 is 0. The molecule has 1 N–H and O–H groups in total. The van der Waals surface area contributed by atoms with Crippen molar-refractivity contribution < 1.29 is 16.8 Å². The molecule has 0 aromatic carbocycles. The molecule has 0 bridgehead atoms. The predicted octanol–water partition coefficient (Wildman–Crippen LogP) is -0.494. The standard InChI is InChI=1S/C2H4N4.Co/c1-2-3-5-6-4-2;/h1H3,(H,3,4,5,6);/q;+2. The maximum Gasteiger partial charge on any atom is 2.00 e. The predicted molar refractivity (Wildman–Crippen MR) is 18.9 cm³/mol. The third-order valence-electron chi connectivity index (χ3n) is 0.451. The minimum atomic E-state index is 0. The molecule has 0 aliphatic heterocycles. The maximum atomic E-state index is 3.57. The van der Waals surface area contributed by atoms with E-state index in [0.29, 0.717) is 5.82 Å². The van der Waals surface area contributed by atoms with Crippen molar-refractivity contribution in [1.82, 2.24) is 20.6 Å². The number of tetrazole rings is 1. The Bertz CT molecular complexity index is 113. The Hall–Kier alpha value is -0.424. The fourth-order valence-electron chi connectivity index (χ4n) is 0.212. The van der Waals surface area contributed by atoms with E-state index in [1.165, 1.54) is 0 Å². The number of nitrogens with one attached hydrogen (secondary N) is 1. The molecule has 0 atom stereocenters. The van der Waals surface area contributed by atoms with Crippen LogP contribution in [-0.4, -0.2) is 20.6 Å². The number of nitrogens with zero attached hydrogens (tertiary/aromatic N) is 3. The van der Waals surface area contributed by atoms with Gasteiger partial charge in [0.25, 0.3) is 0 Å². The van der Waals surface area contributed by atoms with E-state index >= 15 is 0 Å². The Morgan fingerprint density at radius 1 is 1.57 bits per heavy atom. The van der Waals surface area contributed by atoms with E-state index in [9.17, 15) is 0 Å². The van der Waals surface area contributed by atoms with Crippen molar-refractivity contribution in [3.63, 3.8) is 0 Å². The molecule has 0 amide bonds. The first-order chi connectivity index (χ1) is 2.89. The van der Waals surface area contributed by atoms with E-state index < -0.39 is 0 Å². The van der Waals surface area contributed by atoms with Gasteiger partial charge < -0.3 is 0 Å². The van der Waals surface area contributed by atoms with Gasteiger partial charge in [-0.05, 0) is 6.92 Å². The summed E-state index contributed by atoms with van der Waals surface area (Å²) in [6.45, 7) is 1.77. The fraction of sp³-hybridized carbons (Fsp3) is 0.500. The Balaban J connectivity index is 0.000000360. The van der Waals surface area contributed by atoms with Gasteiger partial charge in [0.1, 0.15) is 0 Å². The average molecular weight is 143 g/mol. The van der Waals surface area contributed by atoms with Crippen LogP contribution < -0.4 is 0 Å². The zero-order valence-electron chi connectivity index (χ0n) is 3.67.